The molecule has 1 fully saturated rings. The number of fused-ring (bicyclic) bond motifs is 1. The SMILES string of the molecule is Cc1nc2nc(C(F)(F)F)nn2c(C)c1CC(=O)NCC(=O)NC1CC1. The van der Waals surface area contributed by atoms with Gasteiger partial charge in [-0.05, 0) is 26.7 Å². The zero-order valence-electron chi connectivity index (χ0n) is 14.1. The van der Waals surface area contributed by atoms with Crippen LogP contribution in [0.4, 0.5) is 13.2 Å². The van der Waals surface area contributed by atoms with E-state index in [1.807, 2.05) is 0 Å². The van der Waals surface area contributed by atoms with Crippen LogP contribution >= 0.6 is 0 Å². The molecule has 2 aromatic heterocycles. The summed E-state index contributed by atoms with van der Waals surface area (Å²) in [5, 5.41) is 8.66. The Hall–Kier alpha value is -2.72. The van der Waals surface area contributed by atoms with Crippen molar-refractivity contribution in [1.82, 2.24) is 30.2 Å². The Morgan fingerprint density at radius 2 is 1.88 bits per heavy atom. The number of nitrogens with one attached hydrogen (secondary N) is 2. The molecule has 0 aliphatic heterocycles. The standard InChI is InChI=1S/C15H17F3N6O2/c1-7-10(5-11(25)19-6-12(26)21-9-3-4-9)8(2)24-14(20-7)22-13(23-24)15(16,17)18/h9H,3-6H2,1-2H3,(H,19,25)(H,21,26). The number of hydrogen-bond donors (Lipinski definition) is 2. The number of rotatable bonds is 5. The maximum atomic E-state index is 12.8. The van der Waals surface area contributed by atoms with Crippen LogP contribution in [0.25, 0.3) is 5.78 Å². The maximum absolute atomic E-state index is 12.8. The number of halogens is 3. The number of aryl methyl sites for hydroxylation is 2. The fourth-order valence-electron chi connectivity index (χ4n) is 2.49. The van der Waals surface area contributed by atoms with Crippen LogP contribution in [-0.2, 0) is 22.2 Å². The van der Waals surface area contributed by atoms with Gasteiger partial charge in [0, 0.05) is 23.0 Å². The van der Waals surface area contributed by atoms with Crippen molar-refractivity contribution in [3.8, 4) is 0 Å². The van der Waals surface area contributed by atoms with Gasteiger partial charge in [-0.25, -0.2) is 9.50 Å². The van der Waals surface area contributed by atoms with E-state index in [0.717, 1.165) is 17.4 Å². The lowest BCUT2D eigenvalue weighted by Crippen LogP contribution is -2.38. The van der Waals surface area contributed by atoms with Crippen molar-refractivity contribution in [2.75, 3.05) is 6.54 Å². The molecule has 140 valence electrons. The third kappa shape index (κ3) is 3.92. The number of carbonyl (C=O) groups excluding carboxylic acids is 2. The first-order chi connectivity index (χ1) is 12.1. The number of amides is 2. The zero-order valence-corrected chi connectivity index (χ0v) is 14.1. The van der Waals surface area contributed by atoms with Crippen molar-refractivity contribution in [3.63, 3.8) is 0 Å². The lowest BCUT2D eigenvalue weighted by atomic mass is 10.1. The molecule has 3 rings (SSSR count). The van der Waals surface area contributed by atoms with E-state index >= 15 is 0 Å². The van der Waals surface area contributed by atoms with Crippen LogP contribution in [0.3, 0.4) is 0 Å². The fraction of sp³-hybridized carbons (Fsp3) is 0.533. The highest BCUT2D eigenvalue weighted by Gasteiger charge is 2.37. The Labute approximate surface area is 146 Å². The first kappa shape index (κ1) is 18.1. The summed E-state index contributed by atoms with van der Waals surface area (Å²) in [5.74, 6) is -2.17. The number of alkyl halides is 3. The Morgan fingerprint density at radius 1 is 1.19 bits per heavy atom. The predicted octanol–water partition coefficient (Wildman–Crippen LogP) is 0.697. The molecule has 2 aromatic rings. The molecule has 11 heteroatoms. The van der Waals surface area contributed by atoms with E-state index in [9.17, 15) is 22.8 Å². The van der Waals surface area contributed by atoms with Gasteiger partial charge in [0.1, 0.15) is 0 Å². The van der Waals surface area contributed by atoms with Crippen LogP contribution in [-0.4, -0.2) is 44.0 Å². The van der Waals surface area contributed by atoms with E-state index in [0.29, 0.717) is 17.0 Å². The van der Waals surface area contributed by atoms with Crippen LogP contribution in [0.2, 0.25) is 0 Å². The molecule has 2 heterocycles. The average Bonchev–Trinajstić information content (AvgIpc) is 3.24. The third-order valence-electron chi connectivity index (χ3n) is 4.03. The van der Waals surface area contributed by atoms with E-state index in [4.69, 9.17) is 0 Å². The predicted molar refractivity (Wildman–Crippen MR) is 83.1 cm³/mol. The molecule has 26 heavy (non-hydrogen) atoms. The normalized spacial score (nSPS) is 14.5. The molecule has 0 radical (unpaired) electrons. The van der Waals surface area contributed by atoms with E-state index < -0.39 is 17.9 Å². The molecule has 1 aliphatic rings. The van der Waals surface area contributed by atoms with Gasteiger partial charge in [0.15, 0.2) is 0 Å². The van der Waals surface area contributed by atoms with E-state index in [1.165, 1.54) is 0 Å². The van der Waals surface area contributed by atoms with Gasteiger partial charge < -0.3 is 10.6 Å². The minimum absolute atomic E-state index is 0.126. The topological polar surface area (TPSA) is 101 Å². The second kappa shape index (κ2) is 6.54. The van der Waals surface area contributed by atoms with Crippen molar-refractivity contribution in [2.45, 2.75) is 45.3 Å². The first-order valence-corrected chi connectivity index (χ1v) is 8.01. The minimum atomic E-state index is -4.68. The average molecular weight is 370 g/mol. The molecule has 0 aromatic carbocycles. The highest BCUT2D eigenvalue weighted by Crippen LogP contribution is 2.27. The Bertz CT molecular complexity index is 872. The number of carbonyl (C=O) groups is 2. The van der Waals surface area contributed by atoms with Crippen LogP contribution in [0.1, 0.15) is 35.6 Å². The van der Waals surface area contributed by atoms with Crippen LogP contribution in [0.15, 0.2) is 0 Å². The van der Waals surface area contributed by atoms with Crippen LogP contribution in [0.5, 0.6) is 0 Å². The summed E-state index contributed by atoms with van der Waals surface area (Å²) in [6, 6.07) is 0.200. The van der Waals surface area contributed by atoms with Crippen molar-refractivity contribution < 1.29 is 22.8 Å². The molecule has 0 atom stereocenters. The lowest BCUT2D eigenvalue weighted by molar-refractivity contribution is -0.144. The van der Waals surface area contributed by atoms with Crippen LogP contribution < -0.4 is 10.6 Å². The third-order valence-corrected chi connectivity index (χ3v) is 4.03. The summed E-state index contributed by atoms with van der Waals surface area (Å²) in [6.45, 7) is 2.97. The van der Waals surface area contributed by atoms with E-state index in [2.05, 4.69) is 25.7 Å². The summed E-state index contributed by atoms with van der Waals surface area (Å²) >= 11 is 0. The van der Waals surface area contributed by atoms with Gasteiger partial charge >= 0.3 is 6.18 Å². The van der Waals surface area contributed by atoms with Gasteiger partial charge in [0.25, 0.3) is 11.6 Å². The van der Waals surface area contributed by atoms with Crippen molar-refractivity contribution in [3.05, 3.63) is 22.8 Å². The molecule has 2 amide bonds. The van der Waals surface area contributed by atoms with E-state index in [1.54, 1.807) is 13.8 Å². The monoisotopic (exact) mass is 370 g/mol. The summed E-state index contributed by atoms with van der Waals surface area (Å²) < 4.78 is 39.3. The maximum Gasteiger partial charge on any atom is 0.453 e. The largest absolute Gasteiger partial charge is 0.453 e. The number of nitrogens with zero attached hydrogens (tertiary/aromatic N) is 4. The minimum Gasteiger partial charge on any atom is -0.352 e. The van der Waals surface area contributed by atoms with E-state index in [-0.39, 0.29) is 30.7 Å². The van der Waals surface area contributed by atoms with Crippen molar-refractivity contribution in [2.24, 2.45) is 0 Å². The Morgan fingerprint density at radius 3 is 2.50 bits per heavy atom. The molecule has 0 saturated heterocycles. The smallest absolute Gasteiger partial charge is 0.352 e. The number of aromatic nitrogens is 4. The summed E-state index contributed by atoms with van der Waals surface area (Å²) in [4.78, 5) is 31.0. The molecule has 2 N–H and O–H groups in total. The van der Waals surface area contributed by atoms with Crippen molar-refractivity contribution >= 4 is 17.6 Å². The molecule has 1 saturated carbocycles. The molecule has 8 nitrogen and oxygen atoms in total. The van der Waals surface area contributed by atoms with Gasteiger partial charge in [-0.2, -0.15) is 18.2 Å². The molecular formula is C15H17F3N6O2. The zero-order chi connectivity index (χ0) is 19.1. The summed E-state index contributed by atoms with van der Waals surface area (Å²) in [7, 11) is 0. The van der Waals surface area contributed by atoms with Gasteiger partial charge in [-0.15, -0.1) is 5.10 Å². The highest BCUT2D eigenvalue weighted by molar-refractivity contribution is 5.86. The summed E-state index contributed by atoms with van der Waals surface area (Å²) in [6.07, 6.45) is -2.91. The molecule has 0 bridgehead atoms. The Kier molecular flexibility index (Phi) is 4.55. The molecule has 0 spiro atoms. The molecule has 1 aliphatic carbocycles. The second-order valence-corrected chi connectivity index (χ2v) is 6.20. The van der Waals surface area contributed by atoms with Gasteiger partial charge in [-0.1, -0.05) is 0 Å². The van der Waals surface area contributed by atoms with Gasteiger partial charge in [0.2, 0.25) is 11.8 Å². The summed E-state index contributed by atoms with van der Waals surface area (Å²) in [5.41, 5.74) is 1.16. The van der Waals surface area contributed by atoms with Gasteiger partial charge in [0.05, 0.1) is 13.0 Å². The lowest BCUT2D eigenvalue weighted by Gasteiger charge is -2.10. The van der Waals surface area contributed by atoms with Crippen molar-refractivity contribution in [1.29, 1.82) is 0 Å². The first-order valence-electron chi connectivity index (χ1n) is 8.01. The second-order valence-electron chi connectivity index (χ2n) is 6.20. The fourth-order valence-corrected chi connectivity index (χ4v) is 2.49. The molecule has 0 unspecified atom stereocenters. The Balaban J connectivity index is 1.74. The quantitative estimate of drug-likeness (QED) is 0.807. The van der Waals surface area contributed by atoms with Gasteiger partial charge in [-0.3, -0.25) is 9.59 Å². The van der Waals surface area contributed by atoms with Crippen LogP contribution in [0, 0.1) is 13.8 Å². The molecular weight excluding hydrogens is 353 g/mol. The number of hydrogen-bond acceptors (Lipinski definition) is 5. The highest BCUT2D eigenvalue weighted by atomic mass is 19.4.